The summed E-state index contributed by atoms with van der Waals surface area (Å²) in [7, 11) is 0. The van der Waals surface area contributed by atoms with E-state index in [-0.39, 0.29) is 5.56 Å². The first-order chi connectivity index (χ1) is 13.1. The lowest BCUT2D eigenvalue weighted by molar-refractivity contribution is -0.138. The molecule has 0 atom stereocenters. The van der Waals surface area contributed by atoms with Gasteiger partial charge in [0, 0.05) is 12.2 Å². The molecule has 148 valence electrons. The van der Waals surface area contributed by atoms with Crippen molar-refractivity contribution in [3.8, 4) is 0 Å². The standard InChI is InChI=1S/C11H12O2.C10H7F3O2/c1-2-9-5-3-4-6-10(9)7-8-11(12)13;11-10(12,13)8-4-2-1-3-7(8)5-6-9(14)15/h3-8H,2H2,1H3,(H,12,13);1-6H,(H,14,15)/b8-7+;6-5+. The van der Waals surface area contributed by atoms with Gasteiger partial charge >= 0.3 is 18.1 Å². The van der Waals surface area contributed by atoms with Crippen LogP contribution in [0.25, 0.3) is 12.2 Å². The SMILES string of the molecule is CCc1ccccc1/C=C/C(=O)O.O=C(O)/C=C/c1ccccc1C(F)(F)F. The van der Waals surface area contributed by atoms with Crippen molar-refractivity contribution < 1.29 is 33.0 Å². The van der Waals surface area contributed by atoms with Gasteiger partial charge in [0.25, 0.3) is 0 Å². The highest BCUT2D eigenvalue weighted by Crippen LogP contribution is 2.32. The van der Waals surface area contributed by atoms with Crippen molar-refractivity contribution in [3.05, 3.63) is 82.9 Å². The molecule has 2 N–H and O–H groups in total. The molecule has 0 heterocycles. The summed E-state index contributed by atoms with van der Waals surface area (Å²) in [6.07, 6.45) is 0.824. The number of alkyl halides is 3. The molecule has 28 heavy (non-hydrogen) atoms. The van der Waals surface area contributed by atoms with Crippen molar-refractivity contribution in [2.24, 2.45) is 0 Å². The average Bonchev–Trinajstić information content (AvgIpc) is 2.65. The van der Waals surface area contributed by atoms with Crippen molar-refractivity contribution in [1.29, 1.82) is 0 Å². The van der Waals surface area contributed by atoms with Crippen LogP contribution in [0.3, 0.4) is 0 Å². The quantitative estimate of drug-likeness (QED) is 0.690. The van der Waals surface area contributed by atoms with E-state index in [1.165, 1.54) is 23.8 Å². The Labute approximate surface area is 160 Å². The molecule has 0 aliphatic rings. The Morgan fingerprint density at radius 3 is 1.82 bits per heavy atom. The van der Waals surface area contributed by atoms with Crippen LogP contribution in [0.1, 0.15) is 29.2 Å². The third-order valence-corrected chi connectivity index (χ3v) is 3.51. The van der Waals surface area contributed by atoms with E-state index in [2.05, 4.69) is 0 Å². The Kier molecular flexibility index (Phi) is 8.68. The Hall–Kier alpha value is -3.35. The summed E-state index contributed by atoms with van der Waals surface area (Å²) in [5, 5.41) is 16.8. The molecule has 0 bridgehead atoms. The zero-order valence-electron chi connectivity index (χ0n) is 15.0. The first-order valence-electron chi connectivity index (χ1n) is 8.21. The topological polar surface area (TPSA) is 74.6 Å². The molecule has 0 fully saturated rings. The molecule has 2 aromatic rings. The molecule has 2 aromatic carbocycles. The van der Waals surface area contributed by atoms with E-state index >= 15 is 0 Å². The van der Waals surface area contributed by atoms with Gasteiger partial charge in [-0.15, -0.1) is 0 Å². The number of aliphatic carboxylic acids is 2. The summed E-state index contributed by atoms with van der Waals surface area (Å²) in [6.45, 7) is 2.05. The zero-order chi connectivity index (χ0) is 21.2. The maximum absolute atomic E-state index is 12.4. The number of benzene rings is 2. The van der Waals surface area contributed by atoms with Crippen LogP contribution >= 0.6 is 0 Å². The van der Waals surface area contributed by atoms with E-state index in [9.17, 15) is 22.8 Å². The smallest absolute Gasteiger partial charge is 0.416 e. The molecule has 0 aliphatic heterocycles. The van der Waals surface area contributed by atoms with Gasteiger partial charge < -0.3 is 10.2 Å². The normalized spacial score (nSPS) is 11.3. The van der Waals surface area contributed by atoms with E-state index < -0.39 is 23.7 Å². The maximum atomic E-state index is 12.4. The molecule has 0 saturated heterocycles. The number of halogens is 3. The van der Waals surface area contributed by atoms with Crippen LogP contribution in [0.2, 0.25) is 0 Å². The van der Waals surface area contributed by atoms with Gasteiger partial charge in [0.1, 0.15) is 0 Å². The zero-order valence-corrected chi connectivity index (χ0v) is 15.0. The Morgan fingerprint density at radius 2 is 1.32 bits per heavy atom. The van der Waals surface area contributed by atoms with Crippen LogP contribution in [-0.2, 0) is 22.2 Å². The predicted octanol–water partition coefficient (Wildman–Crippen LogP) is 5.15. The number of aryl methyl sites for hydroxylation is 1. The molecule has 0 radical (unpaired) electrons. The molecule has 7 heteroatoms. The first kappa shape index (κ1) is 22.7. The van der Waals surface area contributed by atoms with Crippen molar-refractivity contribution in [1.82, 2.24) is 0 Å². The summed E-state index contributed by atoms with van der Waals surface area (Å²) in [5.74, 6) is -2.20. The fraction of sp³-hybridized carbons (Fsp3) is 0.143. The number of carboxylic acid groups (broad SMARTS) is 2. The average molecular weight is 392 g/mol. The van der Waals surface area contributed by atoms with Crippen molar-refractivity contribution >= 4 is 24.1 Å². The molecule has 2 rings (SSSR count). The first-order valence-corrected chi connectivity index (χ1v) is 8.21. The third-order valence-electron chi connectivity index (χ3n) is 3.51. The van der Waals surface area contributed by atoms with E-state index in [1.807, 2.05) is 31.2 Å². The molecule has 0 amide bonds. The van der Waals surface area contributed by atoms with E-state index in [0.29, 0.717) is 6.08 Å². The second-order valence-corrected chi connectivity index (χ2v) is 5.48. The number of hydrogen-bond acceptors (Lipinski definition) is 2. The van der Waals surface area contributed by atoms with Gasteiger partial charge in [-0.1, -0.05) is 49.4 Å². The number of rotatable bonds is 5. The fourth-order valence-corrected chi connectivity index (χ4v) is 2.24. The van der Waals surface area contributed by atoms with Gasteiger partial charge in [-0.05, 0) is 41.3 Å². The minimum atomic E-state index is -4.47. The summed E-state index contributed by atoms with van der Waals surface area (Å²) >= 11 is 0. The molecule has 4 nitrogen and oxygen atoms in total. The van der Waals surface area contributed by atoms with Crippen molar-refractivity contribution in [2.75, 3.05) is 0 Å². The maximum Gasteiger partial charge on any atom is 0.416 e. The summed E-state index contributed by atoms with van der Waals surface area (Å²) in [4.78, 5) is 20.5. The highest BCUT2D eigenvalue weighted by molar-refractivity contribution is 5.86. The van der Waals surface area contributed by atoms with Gasteiger partial charge in [-0.25, -0.2) is 9.59 Å². The Morgan fingerprint density at radius 1 is 0.857 bits per heavy atom. The molecular formula is C21H19F3O4. The van der Waals surface area contributed by atoms with Crippen LogP contribution in [-0.4, -0.2) is 22.2 Å². The molecule has 0 spiro atoms. The third kappa shape index (κ3) is 7.90. The van der Waals surface area contributed by atoms with E-state index in [0.717, 1.165) is 30.2 Å². The van der Waals surface area contributed by atoms with Crippen LogP contribution in [0.5, 0.6) is 0 Å². The molecule has 0 unspecified atom stereocenters. The highest BCUT2D eigenvalue weighted by atomic mass is 19.4. The Balaban J connectivity index is 0.000000283. The fourth-order valence-electron chi connectivity index (χ4n) is 2.24. The molecule has 0 aliphatic carbocycles. The predicted molar refractivity (Wildman–Crippen MR) is 101 cm³/mol. The summed E-state index contributed by atoms with van der Waals surface area (Å²) in [5.41, 5.74) is 1.14. The largest absolute Gasteiger partial charge is 0.478 e. The van der Waals surface area contributed by atoms with E-state index in [1.54, 1.807) is 6.08 Å². The Bertz CT molecular complexity index is 868. The van der Waals surface area contributed by atoms with Crippen LogP contribution in [0, 0.1) is 0 Å². The van der Waals surface area contributed by atoms with Crippen molar-refractivity contribution in [2.45, 2.75) is 19.5 Å². The number of carbonyl (C=O) groups is 2. The van der Waals surface area contributed by atoms with Gasteiger partial charge in [-0.3, -0.25) is 0 Å². The lowest BCUT2D eigenvalue weighted by atomic mass is 10.1. The molecule has 0 aromatic heterocycles. The second-order valence-electron chi connectivity index (χ2n) is 5.48. The van der Waals surface area contributed by atoms with Crippen LogP contribution < -0.4 is 0 Å². The van der Waals surface area contributed by atoms with Crippen LogP contribution in [0.4, 0.5) is 13.2 Å². The number of carboxylic acids is 2. The van der Waals surface area contributed by atoms with Gasteiger partial charge in [0.15, 0.2) is 0 Å². The lowest BCUT2D eigenvalue weighted by Gasteiger charge is -2.09. The summed E-state index contributed by atoms with van der Waals surface area (Å²) < 4.78 is 37.2. The monoisotopic (exact) mass is 392 g/mol. The highest BCUT2D eigenvalue weighted by Gasteiger charge is 2.32. The van der Waals surface area contributed by atoms with E-state index in [4.69, 9.17) is 10.2 Å². The van der Waals surface area contributed by atoms with Crippen LogP contribution in [0.15, 0.2) is 60.7 Å². The minimum absolute atomic E-state index is 0.160. The lowest BCUT2D eigenvalue weighted by Crippen LogP contribution is -2.06. The van der Waals surface area contributed by atoms with Gasteiger partial charge in [-0.2, -0.15) is 13.2 Å². The summed E-state index contributed by atoms with van der Waals surface area (Å²) in [6, 6.07) is 12.6. The minimum Gasteiger partial charge on any atom is -0.478 e. The van der Waals surface area contributed by atoms with Gasteiger partial charge in [0.2, 0.25) is 0 Å². The van der Waals surface area contributed by atoms with Crippen molar-refractivity contribution in [3.63, 3.8) is 0 Å². The second kappa shape index (κ2) is 10.7. The molecular weight excluding hydrogens is 373 g/mol. The van der Waals surface area contributed by atoms with Gasteiger partial charge in [0.05, 0.1) is 5.56 Å². The molecule has 0 saturated carbocycles. The number of hydrogen-bond donors (Lipinski definition) is 2.